The van der Waals surface area contributed by atoms with Gasteiger partial charge in [0.05, 0.1) is 15.1 Å². The zero-order chi connectivity index (χ0) is 14.9. The van der Waals surface area contributed by atoms with Gasteiger partial charge in [-0.25, -0.2) is 0 Å². The molecule has 1 aromatic carbocycles. The summed E-state index contributed by atoms with van der Waals surface area (Å²) in [6, 6.07) is 3.50. The van der Waals surface area contributed by atoms with Gasteiger partial charge in [-0.15, -0.1) is 0 Å². The predicted molar refractivity (Wildman–Crippen MR) is 92.9 cm³/mol. The number of phenolic OH excluding ortho intramolecular Hbond substituents is 1. The Balaban J connectivity index is 2.39. The molecule has 1 aliphatic heterocycles. The number of likely N-dealkylation sites (N-methyl/N-ethyl adjacent to an activating group) is 1. The smallest absolute Gasteiger partial charge is 0.265 e. The molecule has 0 saturated carbocycles. The van der Waals surface area contributed by atoms with E-state index in [1.165, 1.54) is 16.7 Å². The van der Waals surface area contributed by atoms with Gasteiger partial charge in [0.1, 0.15) is 4.32 Å². The van der Waals surface area contributed by atoms with Crippen molar-refractivity contribution >= 4 is 62.9 Å². The van der Waals surface area contributed by atoms with Crippen LogP contribution in [0.2, 0.25) is 0 Å². The lowest BCUT2D eigenvalue weighted by molar-refractivity contribution is -0.121. The number of thioether (sulfide) groups is 1. The van der Waals surface area contributed by atoms with E-state index in [0.29, 0.717) is 25.2 Å². The number of carbonyl (C=O) groups excluding carboxylic acids is 1. The number of thiocarbonyl (C=S) groups is 1. The molecule has 1 aromatic rings. The first-order chi connectivity index (χ1) is 9.43. The Labute approximate surface area is 140 Å². The standard InChI is InChI=1S/C13H12INO3S2/c1-3-18-9-5-7(4-8(14)11(9)16)6-10-12(17)15(2)13(19)20-10/h4-6,16H,3H2,1-2H3/b10-6-. The van der Waals surface area contributed by atoms with E-state index < -0.39 is 0 Å². The van der Waals surface area contributed by atoms with Crippen LogP contribution in [-0.2, 0) is 4.79 Å². The van der Waals surface area contributed by atoms with Crippen molar-refractivity contribution in [3.63, 3.8) is 0 Å². The second-order valence-corrected chi connectivity index (χ2v) is 6.86. The van der Waals surface area contributed by atoms with Crippen LogP contribution >= 0.6 is 46.6 Å². The minimum absolute atomic E-state index is 0.110. The van der Waals surface area contributed by atoms with E-state index in [1.54, 1.807) is 25.3 Å². The fourth-order valence-electron chi connectivity index (χ4n) is 1.64. The van der Waals surface area contributed by atoms with Gasteiger partial charge in [-0.05, 0) is 53.3 Å². The van der Waals surface area contributed by atoms with E-state index in [0.717, 1.165) is 5.56 Å². The highest BCUT2D eigenvalue weighted by atomic mass is 127. The number of amides is 1. The maximum atomic E-state index is 11.9. The quantitative estimate of drug-likeness (QED) is 0.462. The van der Waals surface area contributed by atoms with Gasteiger partial charge >= 0.3 is 0 Å². The maximum Gasteiger partial charge on any atom is 0.265 e. The van der Waals surface area contributed by atoms with Crippen molar-refractivity contribution in [3.8, 4) is 11.5 Å². The molecule has 0 aromatic heterocycles. The maximum absolute atomic E-state index is 11.9. The van der Waals surface area contributed by atoms with Crippen LogP contribution in [0.25, 0.3) is 6.08 Å². The SMILES string of the molecule is CCOc1cc(/C=C2\SC(=S)N(C)C2=O)cc(I)c1O. The summed E-state index contributed by atoms with van der Waals surface area (Å²) >= 11 is 8.38. The monoisotopic (exact) mass is 421 g/mol. The number of hydrogen-bond acceptors (Lipinski definition) is 5. The normalized spacial score (nSPS) is 17.1. The number of halogens is 1. The number of carbonyl (C=O) groups is 1. The molecule has 0 unspecified atom stereocenters. The van der Waals surface area contributed by atoms with Crippen molar-refractivity contribution in [2.75, 3.05) is 13.7 Å². The number of hydrogen-bond donors (Lipinski definition) is 1. The summed E-state index contributed by atoms with van der Waals surface area (Å²) in [5.74, 6) is 0.423. The van der Waals surface area contributed by atoms with E-state index >= 15 is 0 Å². The summed E-state index contributed by atoms with van der Waals surface area (Å²) in [7, 11) is 1.66. The Morgan fingerprint density at radius 3 is 2.80 bits per heavy atom. The first-order valence-electron chi connectivity index (χ1n) is 5.81. The van der Waals surface area contributed by atoms with Gasteiger partial charge < -0.3 is 9.84 Å². The molecular weight excluding hydrogens is 409 g/mol. The van der Waals surface area contributed by atoms with Crippen molar-refractivity contribution in [3.05, 3.63) is 26.2 Å². The third-order valence-corrected chi connectivity index (χ3v) is 4.94. The molecule has 4 nitrogen and oxygen atoms in total. The van der Waals surface area contributed by atoms with Crippen molar-refractivity contribution in [2.45, 2.75) is 6.92 Å². The van der Waals surface area contributed by atoms with E-state index in [9.17, 15) is 9.90 Å². The molecule has 1 N–H and O–H groups in total. The van der Waals surface area contributed by atoms with Crippen LogP contribution in [0.4, 0.5) is 0 Å². The fraction of sp³-hybridized carbons (Fsp3) is 0.231. The third kappa shape index (κ3) is 3.09. The lowest BCUT2D eigenvalue weighted by atomic mass is 10.2. The number of phenols is 1. The highest BCUT2D eigenvalue weighted by Crippen LogP contribution is 2.36. The molecule has 20 heavy (non-hydrogen) atoms. The molecule has 1 aliphatic rings. The van der Waals surface area contributed by atoms with Gasteiger partial charge in [-0.2, -0.15) is 0 Å². The van der Waals surface area contributed by atoms with Gasteiger partial charge in [0.15, 0.2) is 11.5 Å². The molecule has 106 valence electrons. The summed E-state index contributed by atoms with van der Waals surface area (Å²) in [5, 5.41) is 9.90. The Hall–Kier alpha value is -0.800. The highest BCUT2D eigenvalue weighted by Gasteiger charge is 2.28. The van der Waals surface area contributed by atoms with Crippen LogP contribution in [-0.4, -0.2) is 33.9 Å². The van der Waals surface area contributed by atoms with Crippen molar-refractivity contribution < 1.29 is 14.6 Å². The molecule has 7 heteroatoms. The molecule has 2 rings (SSSR count). The van der Waals surface area contributed by atoms with Gasteiger partial charge in [0.2, 0.25) is 0 Å². The number of benzene rings is 1. The van der Waals surface area contributed by atoms with E-state index in [2.05, 4.69) is 0 Å². The van der Waals surface area contributed by atoms with Crippen LogP contribution in [0.15, 0.2) is 17.0 Å². The molecule has 1 fully saturated rings. The Kier molecular flexibility index (Phi) is 4.92. The second kappa shape index (κ2) is 6.31. The largest absolute Gasteiger partial charge is 0.504 e. The van der Waals surface area contributed by atoms with E-state index in [-0.39, 0.29) is 11.7 Å². The molecule has 1 heterocycles. The molecule has 0 radical (unpaired) electrons. The zero-order valence-corrected chi connectivity index (χ0v) is 14.6. The topological polar surface area (TPSA) is 49.8 Å². The zero-order valence-electron chi connectivity index (χ0n) is 10.8. The highest BCUT2D eigenvalue weighted by molar-refractivity contribution is 14.1. The molecule has 0 aliphatic carbocycles. The molecule has 0 bridgehead atoms. The lowest BCUT2D eigenvalue weighted by Gasteiger charge is -2.09. The van der Waals surface area contributed by atoms with E-state index in [4.69, 9.17) is 17.0 Å². The average molecular weight is 421 g/mol. The number of rotatable bonds is 3. The second-order valence-electron chi connectivity index (χ2n) is 4.02. The van der Waals surface area contributed by atoms with Crippen molar-refractivity contribution in [1.29, 1.82) is 0 Å². The average Bonchev–Trinajstić information content (AvgIpc) is 2.63. The van der Waals surface area contributed by atoms with Gasteiger partial charge in [-0.1, -0.05) is 24.0 Å². The van der Waals surface area contributed by atoms with Crippen LogP contribution in [0.3, 0.4) is 0 Å². The van der Waals surface area contributed by atoms with Crippen LogP contribution in [0.5, 0.6) is 11.5 Å². The van der Waals surface area contributed by atoms with Crippen LogP contribution in [0, 0.1) is 3.57 Å². The third-order valence-electron chi connectivity index (χ3n) is 2.63. The Bertz CT molecular complexity index is 616. The van der Waals surface area contributed by atoms with Gasteiger partial charge in [-0.3, -0.25) is 9.69 Å². The summed E-state index contributed by atoms with van der Waals surface area (Å²) in [6.07, 6.45) is 1.76. The number of ether oxygens (including phenoxy) is 1. The molecule has 0 spiro atoms. The first-order valence-corrected chi connectivity index (χ1v) is 8.11. The molecule has 0 atom stereocenters. The Morgan fingerprint density at radius 1 is 1.55 bits per heavy atom. The lowest BCUT2D eigenvalue weighted by Crippen LogP contribution is -2.22. The first kappa shape index (κ1) is 15.6. The van der Waals surface area contributed by atoms with E-state index in [1.807, 2.05) is 29.5 Å². The number of nitrogens with zero attached hydrogens (tertiary/aromatic N) is 1. The molecular formula is C13H12INO3S2. The summed E-state index contributed by atoms with van der Waals surface area (Å²) in [6.45, 7) is 2.31. The fourth-order valence-corrected chi connectivity index (χ4v) is 3.44. The number of aromatic hydroxyl groups is 1. The van der Waals surface area contributed by atoms with Crippen LogP contribution < -0.4 is 4.74 Å². The summed E-state index contributed by atoms with van der Waals surface area (Å²) in [5.41, 5.74) is 0.796. The summed E-state index contributed by atoms with van der Waals surface area (Å²) < 4.78 is 6.59. The minimum atomic E-state index is -0.110. The molecule has 1 saturated heterocycles. The summed E-state index contributed by atoms with van der Waals surface area (Å²) in [4.78, 5) is 14.0. The van der Waals surface area contributed by atoms with Crippen LogP contribution in [0.1, 0.15) is 12.5 Å². The van der Waals surface area contributed by atoms with Crippen molar-refractivity contribution in [1.82, 2.24) is 4.90 Å². The van der Waals surface area contributed by atoms with Gasteiger partial charge in [0, 0.05) is 7.05 Å². The van der Waals surface area contributed by atoms with Crippen molar-refractivity contribution in [2.24, 2.45) is 0 Å². The molecule has 1 amide bonds. The minimum Gasteiger partial charge on any atom is -0.504 e. The Morgan fingerprint density at radius 2 is 2.25 bits per heavy atom. The predicted octanol–water partition coefficient (Wildman–Crippen LogP) is 3.23. The van der Waals surface area contributed by atoms with Gasteiger partial charge in [0.25, 0.3) is 5.91 Å².